The van der Waals surface area contributed by atoms with Crippen LogP contribution in [0, 0.1) is 5.82 Å². The van der Waals surface area contributed by atoms with Crippen LogP contribution in [-0.4, -0.2) is 47.5 Å². The first kappa shape index (κ1) is 19.8. The zero-order chi connectivity index (χ0) is 18.9. The fourth-order valence-electron chi connectivity index (χ4n) is 2.73. The van der Waals surface area contributed by atoms with Gasteiger partial charge in [-0.25, -0.2) is 9.18 Å². The number of rotatable bonds is 8. The van der Waals surface area contributed by atoms with E-state index in [4.69, 9.17) is 0 Å². The lowest BCUT2D eigenvalue weighted by Crippen LogP contribution is -2.45. The summed E-state index contributed by atoms with van der Waals surface area (Å²) in [5.41, 5.74) is 1.88. The largest absolute Gasteiger partial charge is 0.336 e. The van der Waals surface area contributed by atoms with E-state index in [1.54, 1.807) is 29.4 Å². The predicted molar refractivity (Wildman–Crippen MR) is 101 cm³/mol. The van der Waals surface area contributed by atoms with Crippen LogP contribution >= 0.6 is 0 Å². The maximum absolute atomic E-state index is 13.1. The molecule has 26 heavy (non-hydrogen) atoms. The van der Waals surface area contributed by atoms with Crippen molar-refractivity contribution in [3.05, 3.63) is 65.7 Å². The second-order valence-electron chi connectivity index (χ2n) is 6.55. The van der Waals surface area contributed by atoms with Crippen molar-refractivity contribution < 1.29 is 9.18 Å². The van der Waals surface area contributed by atoms with Crippen LogP contribution in [0.1, 0.15) is 24.5 Å². The third-order valence-electron chi connectivity index (χ3n) is 4.39. The quantitative estimate of drug-likeness (QED) is 0.788. The van der Waals surface area contributed by atoms with Crippen LogP contribution < -0.4 is 5.32 Å². The number of aromatic nitrogens is 1. The lowest BCUT2D eigenvalue weighted by molar-refractivity contribution is 0.186. The Balaban J connectivity index is 2.08. The third kappa shape index (κ3) is 6.11. The number of carbonyl (C=O) groups excluding carboxylic acids is 1. The second-order valence-corrected chi connectivity index (χ2v) is 6.55. The molecule has 2 rings (SSSR count). The predicted octanol–water partition coefficient (Wildman–Crippen LogP) is 3.27. The van der Waals surface area contributed by atoms with Crippen molar-refractivity contribution in [2.45, 2.75) is 32.5 Å². The monoisotopic (exact) mass is 358 g/mol. The maximum Gasteiger partial charge on any atom is 0.318 e. The van der Waals surface area contributed by atoms with Gasteiger partial charge in [-0.3, -0.25) is 4.98 Å². The van der Waals surface area contributed by atoms with Gasteiger partial charge in [0.25, 0.3) is 0 Å². The topological polar surface area (TPSA) is 48.5 Å². The molecule has 1 atom stereocenters. The molecule has 0 unspecified atom stereocenters. The first-order valence-electron chi connectivity index (χ1n) is 8.82. The van der Waals surface area contributed by atoms with Gasteiger partial charge in [-0.05, 0) is 55.9 Å². The highest BCUT2D eigenvalue weighted by molar-refractivity contribution is 5.74. The van der Waals surface area contributed by atoms with Crippen molar-refractivity contribution in [1.82, 2.24) is 20.1 Å². The number of pyridine rings is 1. The standard InChI is InChI=1S/C20H27FN4O/c1-4-19(24(2)3)13-23-20(26)25(15-17-9-11-22-12-10-17)14-16-5-7-18(21)8-6-16/h5-12,19H,4,13-15H2,1-3H3,(H,23,26)/t19-/m1/s1. The Morgan fingerprint density at radius 2 is 1.65 bits per heavy atom. The molecule has 0 fully saturated rings. The number of urea groups is 1. The Hall–Kier alpha value is -2.47. The summed E-state index contributed by atoms with van der Waals surface area (Å²) < 4.78 is 13.1. The van der Waals surface area contributed by atoms with Crippen LogP contribution in [0.5, 0.6) is 0 Å². The first-order chi connectivity index (χ1) is 12.5. The molecule has 0 spiro atoms. The van der Waals surface area contributed by atoms with E-state index in [1.807, 2.05) is 26.2 Å². The number of nitrogens with zero attached hydrogens (tertiary/aromatic N) is 3. The fraction of sp³-hybridized carbons (Fsp3) is 0.400. The molecule has 0 saturated carbocycles. The number of hydrogen-bond donors (Lipinski definition) is 1. The normalized spacial score (nSPS) is 12.0. The van der Waals surface area contributed by atoms with E-state index in [1.165, 1.54) is 12.1 Å². The van der Waals surface area contributed by atoms with Crippen LogP contribution in [0.25, 0.3) is 0 Å². The van der Waals surface area contributed by atoms with Gasteiger partial charge in [0, 0.05) is 38.1 Å². The van der Waals surface area contributed by atoms with Gasteiger partial charge >= 0.3 is 6.03 Å². The minimum Gasteiger partial charge on any atom is -0.336 e. The molecular formula is C20H27FN4O. The van der Waals surface area contributed by atoms with Crippen molar-refractivity contribution in [2.75, 3.05) is 20.6 Å². The minimum absolute atomic E-state index is 0.133. The van der Waals surface area contributed by atoms with Crippen molar-refractivity contribution in [2.24, 2.45) is 0 Å². The van der Waals surface area contributed by atoms with Crippen molar-refractivity contribution in [3.8, 4) is 0 Å². The minimum atomic E-state index is -0.282. The summed E-state index contributed by atoms with van der Waals surface area (Å²) >= 11 is 0. The highest BCUT2D eigenvalue weighted by Crippen LogP contribution is 2.11. The second kappa shape index (κ2) is 9.87. The maximum atomic E-state index is 13.1. The average Bonchev–Trinajstić information content (AvgIpc) is 2.64. The zero-order valence-electron chi connectivity index (χ0n) is 15.7. The van der Waals surface area contributed by atoms with E-state index in [-0.39, 0.29) is 17.9 Å². The molecule has 0 saturated heterocycles. The lowest BCUT2D eigenvalue weighted by atomic mass is 10.2. The van der Waals surface area contributed by atoms with E-state index < -0.39 is 0 Å². The molecule has 0 aliphatic carbocycles. The summed E-state index contributed by atoms with van der Waals surface area (Å²) in [5, 5.41) is 3.02. The van der Waals surface area contributed by atoms with Gasteiger partial charge in [-0.2, -0.15) is 0 Å². The number of likely N-dealkylation sites (N-methyl/N-ethyl adjacent to an activating group) is 1. The molecule has 2 aromatic rings. The smallest absolute Gasteiger partial charge is 0.318 e. The molecule has 1 N–H and O–H groups in total. The van der Waals surface area contributed by atoms with Crippen LogP contribution in [-0.2, 0) is 13.1 Å². The molecule has 5 nitrogen and oxygen atoms in total. The van der Waals surface area contributed by atoms with E-state index >= 15 is 0 Å². The number of carbonyl (C=O) groups is 1. The van der Waals surface area contributed by atoms with Crippen LogP contribution in [0.3, 0.4) is 0 Å². The summed E-state index contributed by atoms with van der Waals surface area (Å²) in [5.74, 6) is -0.282. The highest BCUT2D eigenvalue weighted by atomic mass is 19.1. The van der Waals surface area contributed by atoms with Crippen LogP contribution in [0.4, 0.5) is 9.18 Å². The molecule has 6 heteroatoms. The Morgan fingerprint density at radius 3 is 2.19 bits per heavy atom. The van der Waals surface area contributed by atoms with Crippen molar-refractivity contribution in [3.63, 3.8) is 0 Å². The Kier molecular flexibility index (Phi) is 7.53. The van der Waals surface area contributed by atoms with Crippen molar-refractivity contribution >= 4 is 6.03 Å². The number of nitrogens with one attached hydrogen (secondary N) is 1. The molecule has 2 amide bonds. The molecule has 0 aliphatic rings. The van der Waals surface area contributed by atoms with Crippen molar-refractivity contribution in [1.29, 1.82) is 0 Å². The Morgan fingerprint density at radius 1 is 1.08 bits per heavy atom. The summed E-state index contributed by atoms with van der Waals surface area (Å²) in [4.78, 5) is 20.6. The summed E-state index contributed by atoms with van der Waals surface area (Å²) in [6.07, 6.45) is 4.38. The SMILES string of the molecule is CC[C@H](CNC(=O)N(Cc1ccncc1)Cc1ccc(F)cc1)N(C)C. The van der Waals surface area contributed by atoms with Gasteiger partial charge in [0.15, 0.2) is 0 Å². The number of hydrogen-bond acceptors (Lipinski definition) is 3. The number of benzene rings is 1. The first-order valence-corrected chi connectivity index (χ1v) is 8.82. The van der Waals surface area contributed by atoms with Gasteiger partial charge in [-0.15, -0.1) is 0 Å². The molecule has 1 aromatic heterocycles. The highest BCUT2D eigenvalue weighted by Gasteiger charge is 2.17. The van der Waals surface area contributed by atoms with Crippen LogP contribution in [0.2, 0.25) is 0 Å². The Bertz CT molecular complexity index is 676. The number of amides is 2. The number of halogens is 1. The molecular weight excluding hydrogens is 331 g/mol. The van der Waals surface area contributed by atoms with Gasteiger partial charge in [0.2, 0.25) is 0 Å². The summed E-state index contributed by atoms with van der Waals surface area (Å²) in [6.45, 7) is 3.56. The van der Waals surface area contributed by atoms with Gasteiger partial charge in [0.1, 0.15) is 5.82 Å². The molecule has 1 heterocycles. The van der Waals surface area contributed by atoms with Gasteiger partial charge < -0.3 is 15.1 Å². The molecule has 0 radical (unpaired) electrons. The van der Waals surface area contributed by atoms with Crippen LogP contribution in [0.15, 0.2) is 48.8 Å². The third-order valence-corrected chi connectivity index (χ3v) is 4.39. The van der Waals surface area contributed by atoms with Gasteiger partial charge in [-0.1, -0.05) is 19.1 Å². The van der Waals surface area contributed by atoms with E-state index in [9.17, 15) is 9.18 Å². The lowest BCUT2D eigenvalue weighted by Gasteiger charge is -2.27. The molecule has 0 aliphatic heterocycles. The van der Waals surface area contributed by atoms with E-state index in [0.29, 0.717) is 19.6 Å². The summed E-state index contributed by atoms with van der Waals surface area (Å²) in [7, 11) is 4.02. The molecule has 140 valence electrons. The van der Waals surface area contributed by atoms with Gasteiger partial charge in [0.05, 0.1) is 0 Å². The zero-order valence-corrected chi connectivity index (χ0v) is 15.7. The summed E-state index contributed by atoms with van der Waals surface area (Å²) in [6, 6.07) is 10.2. The fourth-order valence-corrected chi connectivity index (χ4v) is 2.73. The Labute approximate surface area is 154 Å². The molecule has 1 aromatic carbocycles. The van der Waals surface area contributed by atoms with E-state index in [2.05, 4.69) is 22.1 Å². The molecule has 0 bridgehead atoms. The van der Waals surface area contributed by atoms with E-state index in [0.717, 1.165) is 17.5 Å². The average molecular weight is 358 g/mol.